The van der Waals surface area contributed by atoms with Crippen LogP contribution in [-0.4, -0.2) is 0 Å². The Bertz CT molecular complexity index is 824. The Labute approximate surface area is 165 Å². The molecule has 0 aromatic heterocycles. The van der Waals surface area contributed by atoms with Crippen LogP contribution in [0.1, 0.15) is 30.5 Å². The molecule has 0 aliphatic heterocycles. The van der Waals surface area contributed by atoms with E-state index in [1.165, 1.54) is 27.5 Å². The largest absolute Gasteiger partial charge is 0.0683 e. The Balaban J connectivity index is 0.000000201. The third-order valence-electron chi connectivity index (χ3n) is 3.79. The second kappa shape index (κ2) is 13.4. The maximum atomic E-state index is 2.20. The first-order valence-electron chi connectivity index (χ1n) is 9.64. The molecule has 0 atom stereocenters. The van der Waals surface area contributed by atoms with E-state index in [2.05, 4.69) is 87.5 Å². The molecule has 0 spiro atoms. The van der Waals surface area contributed by atoms with E-state index in [1.54, 1.807) is 0 Å². The summed E-state index contributed by atoms with van der Waals surface area (Å²) >= 11 is 0. The minimum Gasteiger partial charge on any atom is -0.0683 e. The van der Waals surface area contributed by atoms with Crippen LogP contribution < -0.4 is 0 Å². The first-order valence-corrected chi connectivity index (χ1v) is 9.64. The molecule has 4 aromatic carbocycles. The molecule has 0 amide bonds. The molecule has 0 heteroatoms. The molecular formula is C27H32. The summed E-state index contributed by atoms with van der Waals surface area (Å²) in [6.07, 6.45) is 0. The first kappa shape index (κ1) is 22.2. The van der Waals surface area contributed by atoms with Crippen LogP contribution in [0.3, 0.4) is 0 Å². The van der Waals surface area contributed by atoms with E-state index >= 15 is 0 Å². The van der Waals surface area contributed by atoms with E-state index in [9.17, 15) is 0 Å². The lowest BCUT2D eigenvalue weighted by molar-refractivity contribution is 1.48. The molecule has 0 heterocycles. The molecule has 27 heavy (non-hydrogen) atoms. The van der Waals surface area contributed by atoms with Crippen LogP contribution >= 0.6 is 0 Å². The fraction of sp³-hybridized carbons (Fsp3) is 0.185. The number of benzene rings is 4. The predicted molar refractivity (Wildman–Crippen MR) is 122 cm³/mol. The van der Waals surface area contributed by atoms with Crippen molar-refractivity contribution < 1.29 is 0 Å². The van der Waals surface area contributed by atoms with Crippen molar-refractivity contribution in [3.8, 4) is 0 Å². The van der Waals surface area contributed by atoms with Crippen molar-refractivity contribution in [2.24, 2.45) is 0 Å². The molecule has 0 saturated carbocycles. The molecule has 0 radical (unpaired) electrons. The van der Waals surface area contributed by atoms with Crippen LogP contribution in [0.15, 0.2) is 103 Å². The molecule has 0 saturated heterocycles. The standard InChI is InChI=1S/C11H10.2C7H8.C2H6/c1-9-6-7-10-4-2-3-5-11(10)8-9;2*1-7-5-3-2-4-6-7;1-2/h2-8H,1H3;2*2-6H,1H3;1-2H3. The van der Waals surface area contributed by atoms with Crippen LogP contribution in [0.5, 0.6) is 0 Å². The zero-order valence-electron chi connectivity index (χ0n) is 17.3. The molecule has 0 aliphatic rings. The van der Waals surface area contributed by atoms with Crippen molar-refractivity contribution in [1.29, 1.82) is 0 Å². The number of aryl methyl sites for hydroxylation is 3. The highest BCUT2D eigenvalue weighted by Gasteiger charge is 1.89. The first-order chi connectivity index (χ1) is 13.1. The van der Waals surface area contributed by atoms with Crippen molar-refractivity contribution >= 4 is 10.8 Å². The number of hydrogen-bond donors (Lipinski definition) is 0. The lowest BCUT2D eigenvalue weighted by atomic mass is 10.1. The van der Waals surface area contributed by atoms with Gasteiger partial charge in [-0.05, 0) is 31.5 Å². The molecule has 4 aromatic rings. The minimum atomic E-state index is 1.32. The highest BCUT2D eigenvalue weighted by atomic mass is 13.9. The van der Waals surface area contributed by atoms with Crippen molar-refractivity contribution in [1.82, 2.24) is 0 Å². The van der Waals surface area contributed by atoms with Gasteiger partial charge >= 0.3 is 0 Å². The van der Waals surface area contributed by atoms with E-state index < -0.39 is 0 Å². The summed E-state index contributed by atoms with van der Waals surface area (Å²) in [6.45, 7) is 10.3. The molecule has 0 bridgehead atoms. The van der Waals surface area contributed by atoms with Crippen molar-refractivity contribution in [2.45, 2.75) is 34.6 Å². The molecular weight excluding hydrogens is 324 g/mol. The second-order valence-electron chi connectivity index (χ2n) is 6.16. The Morgan fingerprint density at radius 1 is 0.370 bits per heavy atom. The van der Waals surface area contributed by atoms with Crippen molar-refractivity contribution in [3.63, 3.8) is 0 Å². The zero-order chi connectivity index (χ0) is 19.9. The summed E-state index contributed by atoms with van der Waals surface area (Å²) in [6, 6.07) is 35.4. The maximum absolute atomic E-state index is 2.20. The average molecular weight is 357 g/mol. The van der Waals surface area contributed by atoms with E-state index in [1.807, 2.05) is 50.2 Å². The van der Waals surface area contributed by atoms with Gasteiger partial charge in [0.1, 0.15) is 0 Å². The molecule has 0 fully saturated rings. The van der Waals surface area contributed by atoms with Gasteiger partial charge in [0.05, 0.1) is 0 Å². The van der Waals surface area contributed by atoms with Crippen LogP contribution in [-0.2, 0) is 0 Å². The van der Waals surface area contributed by atoms with Crippen LogP contribution in [0, 0.1) is 20.8 Å². The van der Waals surface area contributed by atoms with Gasteiger partial charge in [0.15, 0.2) is 0 Å². The highest BCUT2D eigenvalue weighted by molar-refractivity contribution is 5.82. The van der Waals surface area contributed by atoms with E-state index in [0.717, 1.165) is 0 Å². The predicted octanol–water partition coefficient (Wildman–Crippen LogP) is 8.16. The smallest absolute Gasteiger partial charge is 0.0181 e. The van der Waals surface area contributed by atoms with Crippen molar-refractivity contribution in [2.75, 3.05) is 0 Å². The van der Waals surface area contributed by atoms with E-state index in [-0.39, 0.29) is 0 Å². The number of rotatable bonds is 0. The van der Waals surface area contributed by atoms with Crippen LogP contribution in [0.2, 0.25) is 0 Å². The van der Waals surface area contributed by atoms with Gasteiger partial charge in [-0.15, -0.1) is 0 Å². The molecule has 0 unspecified atom stereocenters. The quantitative estimate of drug-likeness (QED) is 0.298. The topological polar surface area (TPSA) is 0 Å². The lowest BCUT2D eigenvalue weighted by Crippen LogP contribution is -1.73. The van der Waals surface area contributed by atoms with Gasteiger partial charge < -0.3 is 0 Å². The summed E-state index contributed by atoms with van der Waals surface area (Å²) in [7, 11) is 0. The summed E-state index contributed by atoms with van der Waals surface area (Å²) in [4.78, 5) is 0. The maximum Gasteiger partial charge on any atom is -0.0181 e. The van der Waals surface area contributed by atoms with Gasteiger partial charge in [0, 0.05) is 0 Å². The Hall–Kier alpha value is -2.86. The molecule has 140 valence electrons. The zero-order valence-corrected chi connectivity index (χ0v) is 17.3. The summed E-state index contributed by atoms with van der Waals surface area (Å²) in [5.74, 6) is 0. The van der Waals surface area contributed by atoms with Crippen molar-refractivity contribution in [3.05, 3.63) is 120 Å². The summed E-state index contributed by atoms with van der Waals surface area (Å²) in [5.41, 5.74) is 3.97. The van der Waals surface area contributed by atoms with Crippen LogP contribution in [0.25, 0.3) is 10.8 Å². The van der Waals surface area contributed by atoms with Crippen LogP contribution in [0.4, 0.5) is 0 Å². The Kier molecular flexibility index (Phi) is 11.0. The third kappa shape index (κ3) is 9.42. The fourth-order valence-electron chi connectivity index (χ4n) is 2.38. The molecule has 0 aliphatic carbocycles. The Morgan fingerprint density at radius 3 is 1.19 bits per heavy atom. The molecule has 0 nitrogen and oxygen atoms in total. The van der Waals surface area contributed by atoms with Gasteiger partial charge in [0.25, 0.3) is 0 Å². The van der Waals surface area contributed by atoms with Gasteiger partial charge in [-0.3, -0.25) is 0 Å². The van der Waals surface area contributed by atoms with E-state index in [4.69, 9.17) is 0 Å². The lowest BCUT2D eigenvalue weighted by Gasteiger charge is -1.96. The second-order valence-corrected chi connectivity index (χ2v) is 6.16. The van der Waals surface area contributed by atoms with Gasteiger partial charge in [-0.25, -0.2) is 0 Å². The number of fused-ring (bicyclic) bond motifs is 1. The molecule has 0 N–H and O–H groups in total. The fourth-order valence-corrected chi connectivity index (χ4v) is 2.38. The molecule has 4 rings (SSSR count). The normalized spacial score (nSPS) is 8.93. The summed E-state index contributed by atoms with van der Waals surface area (Å²) in [5, 5.41) is 2.64. The summed E-state index contributed by atoms with van der Waals surface area (Å²) < 4.78 is 0. The Morgan fingerprint density at radius 2 is 0.778 bits per heavy atom. The van der Waals surface area contributed by atoms with E-state index in [0.29, 0.717) is 0 Å². The highest BCUT2D eigenvalue weighted by Crippen LogP contribution is 2.14. The number of hydrogen-bond acceptors (Lipinski definition) is 0. The monoisotopic (exact) mass is 356 g/mol. The van der Waals surface area contributed by atoms with Gasteiger partial charge in [0.2, 0.25) is 0 Å². The van der Waals surface area contributed by atoms with Gasteiger partial charge in [-0.1, -0.05) is 134 Å². The van der Waals surface area contributed by atoms with Gasteiger partial charge in [-0.2, -0.15) is 0 Å². The third-order valence-corrected chi connectivity index (χ3v) is 3.79. The SMILES string of the molecule is CC.Cc1ccc2ccccc2c1.Cc1ccccc1.Cc1ccccc1. The minimum absolute atomic E-state index is 1.32. The average Bonchev–Trinajstić information content (AvgIpc) is 2.71.